The Hall–Kier alpha value is -2.67. The van der Waals surface area contributed by atoms with Crippen LogP contribution in [0.2, 0.25) is 0 Å². The standard InChI is InChI=1S/C31H35N/c1-5-16-31(17-6-2)28-10-8-7-9-26(28)27-14-12-23(20-29(27)31)24-13-11-22(19-21(3)4)25-15-18-32-30(24)25/h7-15,20-21H,5-6,16-19H2,1-4H3. The third-order valence-corrected chi connectivity index (χ3v) is 7.41. The lowest BCUT2D eigenvalue weighted by Crippen LogP contribution is -2.29. The van der Waals surface area contributed by atoms with Crippen molar-refractivity contribution >= 4 is 6.08 Å². The Labute approximate surface area is 192 Å². The molecule has 1 heterocycles. The first-order valence-corrected chi connectivity index (χ1v) is 12.5. The predicted molar refractivity (Wildman–Crippen MR) is 137 cm³/mol. The van der Waals surface area contributed by atoms with Gasteiger partial charge in [0.15, 0.2) is 0 Å². The molecule has 3 aromatic rings. The first kappa shape index (κ1) is 21.2. The molecule has 0 N–H and O–H groups in total. The van der Waals surface area contributed by atoms with Gasteiger partial charge in [0, 0.05) is 16.2 Å². The zero-order chi connectivity index (χ0) is 22.3. The maximum absolute atomic E-state index is 4.93. The quantitative estimate of drug-likeness (QED) is 0.396. The maximum Gasteiger partial charge on any atom is 0.0729 e. The Balaban J connectivity index is 1.70. The molecule has 1 aliphatic heterocycles. The van der Waals surface area contributed by atoms with E-state index >= 15 is 0 Å². The van der Waals surface area contributed by atoms with Crippen LogP contribution in [0.3, 0.4) is 0 Å². The van der Waals surface area contributed by atoms with E-state index in [4.69, 9.17) is 4.99 Å². The van der Waals surface area contributed by atoms with Crippen LogP contribution in [0.4, 0.5) is 0 Å². The summed E-state index contributed by atoms with van der Waals surface area (Å²) in [6.45, 7) is 10.1. The minimum atomic E-state index is 0.134. The summed E-state index contributed by atoms with van der Waals surface area (Å²) in [6.07, 6.45) is 8.24. The molecule has 0 fully saturated rings. The van der Waals surface area contributed by atoms with Gasteiger partial charge in [-0.3, -0.25) is 4.99 Å². The van der Waals surface area contributed by atoms with Gasteiger partial charge >= 0.3 is 0 Å². The maximum atomic E-state index is 4.93. The van der Waals surface area contributed by atoms with Crippen molar-refractivity contribution in [3.05, 3.63) is 81.9 Å². The molecular weight excluding hydrogens is 386 g/mol. The Morgan fingerprint density at radius 1 is 0.844 bits per heavy atom. The van der Waals surface area contributed by atoms with Crippen LogP contribution in [-0.2, 0) is 11.8 Å². The van der Waals surface area contributed by atoms with Gasteiger partial charge in [-0.2, -0.15) is 0 Å². The van der Waals surface area contributed by atoms with Crippen molar-refractivity contribution in [3.63, 3.8) is 0 Å². The highest BCUT2D eigenvalue weighted by Crippen LogP contribution is 2.54. The second-order valence-corrected chi connectivity index (χ2v) is 10.1. The number of hydrogen-bond donors (Lipinski definition) is 0. The molecule has 0 saturated heterocycles. The summed E-state index contributed by atoms with van der Waals surface area (Å²) < 4.78 is 0. The molecule has 2 aliphatic rings. The lowest BCUT2D eigenvalue weighted by atomic mass is 9.71. The first-order chi connectivity index (χ1) is 15.6. The van der Waals surface area contributed by atoms with Gasteiger partial charge in [0.1, 0.15) is 0 Å². The van der Waals surface area contributed by atoms with Crippen molar-refractivity contribution in [1.82, 2.24) is 0 Å². The summed E-state index contributed by atoms with van der Waals surface area (Å²) in [6, 6.07) is 21.0. The lowest BCUT2D eigenvalue weighted by molar-refractivity contribution is 0.436. The van der Waals surface area contributed by atoms with Crippen LogP contribution in [0.5, 0.6) is 0 Å². The van der Waals surface area contributed by atoms with Crippen molar-refractivity contribution in [1.29, 1.82) is 0 Å². The third-order valence-electron chi connectivity index (χ3n) is 7.41. The van der Waals surface area contributed by atoms with Crippen LogP contribution >= 0.6 is 0 Å². The normalized spacial score (nSPS) is 15.2. The van der Waals surface area contributed by atoms with Crippen LogP contribution in [0.25, 0.3) is 28.3 Å². The molecule has 5 rings (SSSR count). The van der Waals surface area contributed by atoms with Crippen LogP contribution in [-0.4, -0.2) is 6.54 Å². The van der Waals surface area contributed by atoms with Gasteiger partial charge in [-0.1, -0.05) is 95.1 Å². The van der Waals surface area contributed by atoms with Gasteiger partial charge in [0.2, 0.25) is 0 Å². The number of benzene rings is 3. The van der Waals surface area contributed by atoms with Gasteiger partial charge in [-0.25, -0.2) is 0 Å². The smallest absolute Gasteiger partial charge is 0.0729 e. The largest absolute Gasteiger partial charge is 0.280 e. The zero-order valence-electron chi connectivity index (χ0n) is 20.0. The van der Waals surface area contributed by atoms with Gasteiger partial charge in [0.25, 0.3) is 0 Å². The fraction of sp³-hybridized carbons (Fsp3) is 0.387. The van der Waals surface area contributed by atoms with E-state index in [0.29, 0.717) is 5.92 Å². The Bertz CT molecular complexity index is 1270. The van der Waals surface area contributed by atoms with Crippen LogP contribution in [0, 0.1) is 5.92 Å². The predicted octanol–water partition coefficient (Wildman–Crippen LogP) is 6.83. The van der Waals surface area contributed by atoms with E-state index in [2.05, 4.69) is 88.4 Å². The molecule has 164 valence electrons. The molecule has 0 saturated carbocycles. The Kier molecular flexibility index (Phi) is 5.53. The average molecular weight is 422 g/mol. The highest BCUT2D eigenvalue weighted by Gasteiger charge is 2.41. The summed E-state index contributed by atoms with van der Waals surface area (Å²) >= 11 is 0. The molecule has 0 unspecified atom stereocenters. The minimum absolute atomic E-state index is 0.134. The minimum Gasteiger partial charge on any atom is -0.280 e. The fourth-order valence-corrected chi connectivity index (χ4v) is 6.27. The van der Waals surface area contributed by atoms with Crippen LogP contribution < -0.4 is 10.6 Å². The van der Waals surface area contributed by atoms with E-state index in [9.17, 15) is 0 Å². The zero-order valence-corrected chi connectivity index (χ0v) is 20.0. The SMILES string of the molecule is CCCC1(CCC)c2ccccc2-c2ccc(-c3ccc(CC(C)C)c4c3=NCC=4)cc21. The molecule has 32 heavy (non-hydrogen) atoms. The summed E-state index contributed by atoms with van der Waals surface area (Å²) in [4.78, 5) is 4.93. The average Bonchev–Trinajstić information content (AvgIpc) is 3.38. The van der Waals surface area contributed by atoms with E-state index in [1.54, 1.807) is 0 Å². The number of rotatable bonds is 7. The molecule has 3 aromatic carbocycles. The second kappa shape index (κ2) is 8.35. The van der Waals surface area contributed by atoms with E-state index in [0.717, 1.165) is 13.0 Å². The molecule has 0 amide bonds. The summed E-state index contributed by atoms with van der Waals surface area (Å²) in [5, 5.41) is 2.57. The molecule has 0 aromatic heterocycles. The summed E-state index contributed by atoms with van der Waals surface area (Å²) in [7, 11) is 0. The van der Waals surface area contributed by atoms with Crippen molar-refractivity contribution in [2.24, 2.45) is 10.9 Å². The third kappa shape index (κ3) is 3.25. The summed E-state index contributed by atoms with van der Waals surface area (Å²) in [5.74, 6) is 0.654. The molecule has 0 bridgehead atoms. The topological polar surface area (TPSA) is 12.4 Å². The van der Waals surface area contributed by atoms with Crippen molar-refractivity contribution in [2.45, 2.75) is 65.2 Å². The fourth-order valence-electron chi connectivity index (χ4n) is 6.27. The van der Waals surface area contributed by atoms with Crippen molar-refractivity contribution < 1.29 is 0 Å². The van der Waals surface area contributed by atoms with Gasteiger partial charge in [-0.15, -0.1) is 0 Å². The lowest BCUT2D eigenvalue weighted by Gasteiger charge is -2.32. The van der Waals surface area contributed by atoms with Gasteiger partial charge < -0.3 is 0 Å². The summed E-state index contributed by atoms with van der Waals surface area (Å²) in [5.41, 5.74) is 10.1. The number of nitrogens with zero attached hydrogens (tertiary/aromatic N) is 1. The van der Waals surface area contributed by atoms with E-state index in [1.165, 1.54) is 75.2 Å². The highest BCUT2D eigenvalue weighted by molar-refractivity contribution is 5.84. The molecular formula is C31H35N. The molecule has 0 atom stereocenters. The molecule has 1 aliphatic carbocycles. The van der Waals surface area contributed by atoms with E-state index in [1.807, 2.05) is 0 Å². The number of hydrogen-bond acceptors (Lipinski definition) is 1. The highest BCUT2D eigenvalue weighted by atomic mass is 14.7. The first-order valence-electron chi connectivity index (χ1n) is 12.5. The molecule has 1 nitrogen and oxygen atoms in total. The van der Waals surface area contributed by atoms with Crippen molar-refractivity contribution in [2.75, 3.05) is 6.54 Å². The van der Waals surface area contributed by atoms with Crippen molar-refractivity contribution in [3.8, 4) is 22.3 Å². The Morgan fingerprint density at radius 3 is 2.31 bits per heavy atom. The van der Waals surface area contributed by atoms with Gasteiger partial charge in [0.05, 0.1) is 11.9 Å². The van der Waals surface area contributed by atoms with E-state index < -0.39 is 0 Å². The monoisotopic (exact) mass is 421 g/mol. The van der Waals surface area contributed by atoms with Crippen LogP contribution in [0.1, 0.15) is 70.1 Å². The number of fused-ring (bicyclic) bond motifs is 4. The van der Waals surface area contributed by atoms with Crippen LogP contribution in [0.15, 0.2) is 59.6 Å². The Morgan fingerprint density at radius 2 is 1.56 bits per heavy atom. The van der Waals surface area contributed by atoms with E-state index in [-0.39, 0.29) is 5.41 Å². The second-order valence-electron chi connectivity index (χ2n) is 10.1. The molecule has 0 radical (unpaired) electrons. The molecule has 0 spiro atoms. The molecule has 1 heteroatoms. The van der Waals surface area contributed by atoms with Gasteiger partial charge in [-0.05, 0) is 64.6 Å².